The van der Waals surface area contributed by atoms with Gasteiger partial charge in [0.2, 0.25) is 0 Å². The Morgan fingerprint density at radius 3 is 2.00 bits per heavy atom. The van der Waals surface area contributed by atoms with Gasteiger partial charge in [-0.1, -0.05) is 37.3 Å². The van der Waals surface area contributed by atoms with E-state index in [9.17, 15) is 9.59 Å². The number of rotatable bonds is 3. The Kier molecular flexibility index (Phi) is 5.39. The summed E-state index contributed by atoms with van der Waals surface area (Å²) in [5.74, 6) is -0.529. The second-order valence-electron chi connectivity index (χ2n) is 6.67. The van der Waals surface area contributed by atoms with Crippen LogP contribution in [0.3, 0.4) is 0 Å². The number of hydrazine groups is 1. The van der Waals surface area contributed by atoms with E-state index < -0.39 is 5.54 Å². The number of nitrogens with one attached hydrogen (secondary N) is 1. The number of nitrogens with zero attached hydrogens (tertiary/aromatic N) is 1. The molecule has 2 amide bonds. The third-order valence-electron chi connectivity index (χ3n) is 3.73. The van der Waals surface area contributed by atoms with Crippen LogP contribution in [0.1, 0.15) is 54.0 Å². The Morgan fingerprint density at radius 2 is 1.50 bits per heavy atom. The topological polar surface area (TPSA) is 49.4 Å². The highest BCUT2D eigenvalue weighted by atomic mass is 16.2. The smallest absolute Gasteiger partial charge is 0.267 e. The lowest BCUT2D eigenvalue weighted by Crippen LogP contribution is -2.55. The van der Waals surface area contributed by atoms with E-state index in [1.807, 2.05) is 39.0 Å². The number of carbonyl (C=O) groups is 2. The Balaban J connectivity index is 2.22. The van der Waals surface area contributed by atoms with Crippen molar-refractivity contribution in [1.82, 2.24) is 10.4 Å². The number of aryl methyl sites for hydroxylation is 1. The van der Waals surface area contributed by atoms with Gasteiger partial charge in [-0.25, -0.2) is 5.01 Å². The number of hydrogen-bond acceptors (Lipinski definition) is 2. The van der Waals surface area contributed by atoms with E-state index in [0.29, 0.717) is 11.1 Å². The predicted octanol–water partition coefficient (Wildman–Crippen LogP) is 3.83. The van der Waals surface area contributed by atoms with Crippen molar-refractivity contribution in [1.29, 1.82) is 0 Å². The largest absolute Gasteiger partial charge is 0.272 e. The normalized spacial score (nSPS) is 11.0. The van der Waals surface area contributed by atoms with Crippen LogP contribution in [-0.4, -0.2) is 22.4 Å². The quantitative estimate of drug-likeness (QED) is 0.872. The van der Waals surface area contributed by atoms with E-state index in [-0.39, 0.29) is 11.8 Å². The fourth-order valence-electron chi connectivity index (χ4n) is 2.29. The third kappa shape index (κ3) is 4.22. The van der Waals surface area contributed by atoms with Crippen molar-refractivity contribution >= 4 is 11.8 Å². The number of amides is 2. The molecule has 0 atom stereocenters. The van der Waals surface area contributed by atoms with Crippen molar-refractivity contribution in [2.45, 2.75) is 39.7 Å². The van der Waals surface area contributed by atoms with E-state index in [1.165, 1.54) is 10.6 Å². The molecule has 126 valence electrons. The van der Waals surface area contributed by atoms with Crippen LogP contribution in [0.25, 0.3) is 0 Å². The molecule has 0 heterocycles. The molecule has 0 radical (unpaired) electrons. The van der Waals surface area contributed by atoms with Crippen molar-refractivity contribution in [2.24, 2.45) is 0 Å². The molecule has 2 aromatic rings. The first-order valence-electron chi connectivity index (χ1n) is 8.12. The summed E-state index contributed by atoms with van der Waals surface area (Å²) in [4.78, 5) is 25.3. The average molecular weight is 324 g/mol. The van der Waals surface area contributed by atoms with Crippen LogP contribution in [0.15, 0.2) is 54.6 Å². The van der Waals surface area contributed by atoms with Gasteiger partial charge in [0.15, 0.2) is 0 Å². The Labute approximate surface area is 143 Å². The minimum absolute atomic E-state index is 0.235. The zero-order chi connectivity index (χ0) is 17.7. The molecule has 0 aliphatic rings. The maximum Gasteiger partial charge on any atom is 0.272 e. The van der Waals surface area contributed by atoms with E-state index in [0.717, 1.165) is 6.42 Å². The first-order chi connectivity index (χ1) is 11.3. The summed E-state index contributed by atoms with van der Waals surface area (Å²) < 4.78 is 0. The first kappa shape index (κ1) is 17.7. The fraction of sp³-hybridized carbons (Fsp3) is 0.300. The first-order valence-corrected chi connectivity index (χ1v) is 8.12. The summed E-state index contributed by atoms with van der Waals surface area (Å²) in [6.45, 7) is 7.71. The van der Waals surface area contributed by atoms with Crippen molar-refractivity contribution in [3.05, 3.63) is 71.3 Å². The van der Waals surface area contributed by atoms with Gasteiger partial charge in [0.25, 0.3) is 11.8 Å². The lowest BCUT2D eigenvalue weighted by atomic mass is 10.1. The predicted molar refractivity (Wildman–Crippen MR) is 95.7 cm³/mol. The SMILES string of the molecule is CCc1ccc(C(=O)NN(C(=O)c2ccccc2)C(C)(C)C)cc1. The Morgan fingerprint density at radius 1 is 0.917 bits per heavy atom. The van der Waals surface area contributed by atoms with Crippen molar-refractivity contribution in [3.8, 4) is 0 Å². The van der Waals surface area contributed by atoms with E-state index >= 15 is 0 Å². The molecule has 0 aromatic heterocycles. The minimum atomic E-state index is -0.550. The molecule has 0 spiro atoms. The summed E-state index contributed by atoms with van der Waals surface area (Å²) in [6.07, 6.45) is 0.919. The van der Waals surface area contributed by atoms with Crippen molar-refractivity contribution in [2.75, 3.05) is 0 Å². The van der Waals surface area contributed by atoms with Gasteiger partial charge < -0.3 is 0 Å². The standard InChI is InChI=1S/C20H24N2O2/c1-5-15-11-13-16(14-12-15)18(23)21-22(20(2,3)4)19(24)17-9-7-6-8-10-17/h6-14H,5H2,1-4H3,(H,21,23). The lowest BCUT2D eigenvalue weighted by Gasteiger charge is -2.35. The molecule has 0 aliphatic heterocycles. The molecular weight excluding hydrogens is 300 g/mol. The molecule has 4 nitrogen and oxygen atoms in total. The van der Waals surface area contributed by atoms with Crippen LogP contribution in [0, 0.1) is 0 Å². The molecule has 1 N–H and O–H groups in total. The molecule has 0 unspecified atom stereocenters. The molecule has 0 bridgehead atoms. The zero-order valence-corrected chi connectivity index (χ0v) is 14.7. The minimum Gasteiger partial charge on any atom is -0.267 e. The van der Waals surface area contributed by atoms with Gasteiger partial charge in [0.1, 0.15) is 0 Å². The average Bonchev–Trinajstić information content (AvgIpc) is 2.58. The van der Waals surface area contributed by atoms with E-state index in [1.54, 1.807) is 36.4 Å². The molecule has 0 fully saturated rings. The summed E-state index contributed by atoms with van der Waals surface area (Å²) in [7, 11) is 0. The molecule has 4 heteroatoms. The highest BCUT2D eigenvalue weighted by Crippen LogP contribution is 2.16. The number of hydrogen-bond donors (Lipinski definition) is 1. The van der Waals surface area contributed by atoms with Gasteiger partial charge in [-0.05, 0) is 57.0 Å². The summed E-state index contributed by atoms with van der Waals surface area (Å²) in [5, 5.41) is 1.39. The molecule has 0 saturated heterocycles. The second kappa shape index (κ2) is 7.30. The summed E-state index contributed by atoms with van der Waals surface area (Å²) in [6, 6.07) is 16.4. The molecule has 2 rings (SSSR count). The Bertz CT molecular complexity index is 701. The molecule has 2 aromatic carbocycles. The van der Waals surface area contributed by atoms with Crippen LogP contribution < -0.4 is 5.43 Å². The maximum absolute atomic E-state index is 12.8. The van der Waals surface area contributed by atoms with Crippen LogP contribution in [0.2, 0.25) is 0 Å². The van der Waals surface area contributed by atoms with Gasteiger partial charge in [0, 0.05) is 11.1 Å². The summed E-state index contributed by atoms with van der Waals surface area (Å²) in [5.41, 5.74) is 4.44. The molecule has 0 saturated carbocycles. The Hall–Kier alpha value is -2.62. The summed E-state index contributed by atoms with van der Waals surface area (Å²) >= 11 is 0. The fourth-order valence-corrected chi connectivity index (χ4v) is 2.29. The van der Waals surface area contributed by atoms with Crippen LogP contribution in [0.5, 0.6) is 0 Å². The van der Waals surface area contributed by atoms with Gasteiger partial charge in [-0.2, -0.15) is 0 Å². The van der Waals surface area contributed by atoms with Crippen LogP contribution in [-0.2, 0) is 6.42 Å². The van der Waals surface area contributed by atoms with Crippen LogP contribution >= 0.6 is 0 Å². The van der Waals surface area contributed by atoms with Gasteiger partial charge in [-0.3, -0.25) is 15.0 Å². The van der Waals surface area contributed by atoms with E-state index in [2.05, 4.69) is 12.3 Å². The highest BCUT2D eigenvalue weighted by molar-refractivity contribution is 5.99. The zero-order valence-electron chi connectivity index (χ0n) is 14.7. The lowest BCUT2D eigenvalue weighted by molar-refractivity contribution is 0.0358. The van der Waals surface area contributed by atoms with Crippen molar-refractivity contribution < 1.29 is 9.59 Å². The maximum atomic E-state index is 12.8. The highest BCUT2D eigenvalue weighted by Gasteiger charge is 2.29. The third-order valence-corrected chi connectivity index (χ3v) is 3.73. The van der Waals surface area contributed by atoms with Crippen LogP contribution in [0.4, 0.5) is 0 Å². The number of benzene rings is 2. The molecule has 24 heavy (non-hydrogen) atoms. The van der Waals surface area contributed by atoms with Gasteiger partial charge in [-0.15, -0.1) is 0 Å². The molecule has 0 aliphatic carbocycles. The van der Waals surface area contributed by atoms with Gasteiger partial charge >= 0.3 is 0 Å². The second-order valence-corrected chi connectivity index (χ2v) is 6.67. The molecular formula is C20H24N2O2. The number of carbonyl (C=O) groups excluding carboxylic acids is 2. The van der Waals surface area contributed by atoms with Gasteiger partial charge in [0.05, 0.1) is 5.54 Å². The monoisotopic (exact) mass is 324 g/mol. The van der Waals surface area contributed by atoms with Crippen molar-refractivity contribution in [3.63, 3.8) is 0 Å². The van der Waals surface area contributed by atoms with E-state index in [4.69, 9.17) is 0 Å².